The molecule has 108 valence electrons. The fraction of sp³-hybridized carbons (Fsp3) is 0.267. The summed E-state index contributed by atoms with van der Waals surface area (Å²) in [6.45, 7) is 4.35. The zero-order valence-corrected chi connectivity index (χ0v) is 11.4. The number of aliphatic hydroxyl groups is 1. The molecule has 1 aliphatic rings. The first-order chi connectivity index (χ1) is 10.0. The van der Waals surface area contributed by atoms with Crippen LogP contribution in [0.1, 0.15) is 6.42 Å². The Hall–Kier alpha value is -2.47. The number of nitrogens with zero attached hydrogens (tertiary/aromatic N) is 3. The van der Waals surface area contributed by atoms with Crippen molar-refractivity contribution in [3.63, 3.8) is 0 Å². The van der Waals surface area contributed by atoms with Crippen LogP contribution in [0.25, 0.3) is 10.9 Å². The molecular formula is C15H15N3O3. The molecule has 1 aliphatic heterocycles. The lowest BCUT2D eigenvalue weighted by Gasteiger charge is -2.47. The minimum Gasteiger partial charge on any atom is -0.386 e. The van der Waals surface area contributed by atoms with Crippen molar-refractivity contribution >= 4 is 22.3 Å². The smallest absolute Gasteiger partial charge is 0.301 e. The Morgan fingerprint density at radius 1 is 1.48 bits per heavy atom. The molecule has 6 nitrogen and oxygen atoms in total. The number of benzene rings is 1. The fourth-order valence-corrected chi connectivity index (χ4v) is 2.80. The van der Waals surface area contributed by atoms with Crippen LogP contribution in [0.2, 0.25) is 0 Å². The Bertz CT molecular complexity index is 723. The van der Waals surface area contributed by atoms with Gasteiger partial charge in [0.2, 0.25) is 0 Å². The molecule has 0 amide bonds. The zero-order chi connectivity index (χ0) is 15.0. The molecule has 1 aromatic heterocycles. The number of hydrogen-bond donors (Lipinski definition) is 1. The Morgan fingerprint density at radius 3 is 2.90 bits per heavy atom. The van der Waals surface area contributed by atoms with Gasteiger partial charge in [-0.3, -0.25) is 15.1 Å². The third-order valence-corrected chi connectivity index (χ3v) is 3.75. The molecule has 0 atom stereocenters. The van der Waals surface area contributed by atoms with Gasteiger partial charge in [-0.2, -0.15) is 0 Å². The highest BCUT2D eigenvalue weighted by atomic mass is 16.6. The van der Waals surface area contributed by atoms with Crippen LogP contribution in [0.15, 0.2) is 43.1 Å². The molecule has 2 heterocycles. The Kier molecular flexibility index (Phi) is 3.10. The normalized spacial score (nSPS) is 16.5. The van der Waals surface area contributed by atoms with Gasteiger partial charge in [-0.25, -0.2) is 0 Å². The molecule has 2 aromatic rings. The summed E-state index contributed by atoms with van der Waals surface area (Å²) in [5.41, 5.74) is 0.324. The van der Waals surface area contributed by atoms with Crippen LogP contribution in [-0.2, 0) is 0 Å². The van der Waals surface area contributed by atoms with Gasteiger partial charge in [0, 0.05) is 19.3 Å². The standard InChI is InChI=1S/C15H15N3O3/c1-2-7-15(19)9-17(10-15)13-6-5-12-11(4-3-8-16-12)14(13)18(20)21/h2-6,8,19H,1,7,9-10H2. The molecule has 1 saturated heterocycles. The zero-order valence-electron chi connectivity index (χ0n) is 11.4. The van der Waals surface area contributed by atoms with Crippen LogP contribution in [-0.4, -0.2) is 33.7 Å². The molecule has 3 rings (SSSR count). The quantitative estimate of drug-likeness (QED) is 0.529. The van der Waals surface area contributed by atoms with Crippen molar-refractivity contribution in [1.82, 2.24) is 4.98 Å². The number of fused-ring (bicyclic) bond motifs is 1. The maximum atomic E-state index is 11.4. The highest BCUT2D eigenvalue weighted by Gasteiger charge is 2.42. The first-order valence-electron chi connectivity index (χ1n) is 6.64. The maximum absolute atomic E-state index is 11.4. The first-order valence-corrected chi connectivity index (χ1v) is 6.64. The number of nitro groups is 1. The average Bonchev–Trinajstić information content (AvgIpc) is 2.43. The van der Waals surface area contributed by atoms with E-state index in [1.165, 1.54) is 0 Å². The van der Waals surface area contributed by atoms with E-state index in [1.807, 2.05) is 4.90 Å². The Labute approximate surface area is 121 Å². The van der Waals surface area contributed by atoms with E-state index in [1.54, 1.807) is 36.5 Å². The largest absolute Gasteiger partial charge is 0.386 e. The number of hydrogen-bond acceptors (Lipinski definition) is 5. The predicted molar refractivity (Wildman–Crippen MR) is 80.4 cm³/mol. The SMILES string of the molecule is C=CCC1(O)CN(c2ccc3ncccc3c2[N+](=O)[O-])C1. The fourth-order valence-electron chi connectivity index (χ4n) is 2.80. The van der Waals surface area contributed by atoms with Crippen molar-refractivity contribution in [2.45, 2.75) is 12.0 Å². The van der Waals surface area contributed by atoms with Gasteiger partial charge >= 0.3 is 5.69 Å². The van der Waals surface area contributed by atoms with Crippen molar-refractivity contribution in [2.75, 3.05) is 18.0 Å². The third-order valence-electron chi connectivity index (χ3n) is 3.75. The number of aromatic nitrogens is 1. The van der Waals surface area contributed by atoms with Crippen LogP contribution in [0, 0.1) is 10.1 Å². The van der Waals surface area contributed by atoms with E-state index in [9.17, 15) is 15.2 Å². The van der Waals surface area contributed by atoms with Gasteiger partial charge < -0.3 is 10.0 Å². The van der Waals surface area contributed by atoms with Gasteiger partial charge in [0.05, 0.1) is 15.8 Å². The average molecular weight is 285 g/mol. The summed E-state index contributed by atoms with van der Waals surface area (Å²) in [4.78, 5) is 17.0. The van der Waals surface area contributed by atoms with Crippen molar-refractivity contribution < 1.29 is 10.0 Å². The van der Waals surface area contributed by atoms with Gasteiger partial charge in [0.25, 0.3) is 0 Å². The van der Waals surface area contributed by atoms with E-state index >= 15 is 0 Å². The summed E-state index contributed by atoms with van der Waals surface area (Å²) < 4.78 is 0. The number of rotatable bonds is 4. The highest BCUT2D eigenvalue weighted by molar-refractivity contribution is 5.94. The molecule has 1 aromatic carbocycles. The van der Waals surface area contributed by atoms with Gasteiger partial charge in [-0.05, 0) is 30.7 Å². The van der Waals surface area contributed by atoms with Crippen molar-refractivity contribution in [3.05, 3.63) is 53.2 Å². The maximum Gasteiger partial charge on any atom is 0.301 e. The second-order valence-corrected chi connectivity index (χ2v) is 5.33. The monoisotopic (exact) mass is 285 g/mol. The second-order valence-electron chi connectivity index (χ2n) is 5.33. The van der Waals surface area contributed by atoms with Crippen molar-refractivity contribution in [2.24, 2.45) is 0 Å². The van der Waals surface area contributed by atoms with Crippen LogP contribution in [0.5, 0.6) is 0 Å². The van der Waals surface area contributed by atoms with E-state index in [0.717, 1.165) is 0 Å². The summed E-state index contributed by atoms with van der Waals surface area (Å²) in [5.74, 6) is 0. The van der Waals surface area contributed by atoms with Gasteiger partial charge in [0.1, 0.15) is 11.3 Å². The molecule has 21 heavy (non-hydrogen) atoms. The van der Waals surface area contributed by atoms with Gasteiger partial charge in [-0.1, -0.05) is 6.08 Å². The van der Waals surface area contributed by atoms with E-state index in [4.69, 9.17) is 0 Å². The van der Waals surface area contributed by atoms with Gasteiger partial charge in [0.15, 0.2) is 0 Å². The van der Waals surface area contributed by atoms with Crippen LogP contribution in [0.3, 0.4) is 0 Å². The third kappa shape index (κ3) is 2.23. The molecule has 0 saturated carbocycles. The van der Waals surface area contributed by atoms with Crippen molar-refractivity contribution in [3.8, 4) is 0 Å². The van der Waals surface area contributed by atoms with Crippen LogP contribution >= 0.6 is 0 Å². The molecule has 0 radical (unpaired) electrons. The van der Waals surface area contributed by atoms with E-state index in [0.29, 0.717) is 36.1 Å². The minimum atomic E-state index is -0.834. The number of β-amino-alcohol motifs (C(OH)–C–C–N with tert-alkyl or cyclic N) is 1. The molecule has 1 fully saturated rings. The van der Waals surface area contributed by atoms with Crippen molar-refractivity contribution in [1.29, 1.82) is 0 Å². The van der Waals surface area contributed by atoms with Crippen LogP contribution in [0.4, 0.5) is 11.4 Å². The first kappa shape index (κ1) is 13.5. The molecule has 6 heteroatoms. The lowest BCUT2D eigenvalue weighted by molar-refractivity contribution is -0.382. The predicted octanol–water partition coefficient (Wildman–Crippen LogP) is 2.27. The summed E-state index contributed by atoms with van der Waals surface area (Å²) in [6, 6.07) is 6.84. The minimum absolute atomic E-state index is 0.0428. The molecule has 0 spiro atoms. The van der Waals surface area contributed by atoms with Gasteiger partial charge in [-0.15, -0.1) is 6.58 Å². The summed E-state index contributed by atoms with van der Waals surface area (Å²) in [6.07, 6.45) is 3.75. The summed E-state index contributed by atoms with van der Waals surface area (Å²) >= 11 is 0. The van der Waals surface area contributed by atoms with E-state index in [-0.39, 0.29) is 10.6 Å². The van der Waals surface area contributed by atoms with Crippen LogP contribution < -0.4 is 4.90 Å². The second kappa shape index (κ2) is 4.82. The molecule has 0 bridgehead atoms. The van der Waals surface area contributed by atoms with E-state index < -0.39 is 5.60 Å². The number of nitro benzene ring substituents is 1. The number of anilines is 1. The number of pyridine rings is 1. The highest BCUT2D eigenvalue weighted by Crippen LogP contribution is 2.39. The lowest BCUT2D eigenvalue weighted by atomic mass is 9.89. The topological polar surface area (TPSA) is 79.5 Å². The molecular weight excluding hydrogens is 270 g/mol. The molecule has 0 aliphatic carbocycles. The Balaban J connectivity index is 2.02. The lowest BCUT2D eigenvalue weighted by Crippen LogP contribution is -2.61. The summed E-state index contributed by atoms with van der Waals surface area (Å²) in [5, 5.41) is 22.1. The molecule has 0 unspecified atom stereocenters. The molecule has 1 N–H and O–H groups in total. The Morgan fingerprint density at radius 2 is 2.24 bits per heavy atom. The summed E-state index contributed by atoms with van der Waals surface area (Å²) in [7, 11) is 0. The van der Waals surface area contributed by atoms with E-state index in [2.05, 4.69) is 11.6 Å².